The van der Waals surface area contributed by atoms with Crippen molar-refractivity contribution in [3.05, 3.63) is 34.0 Å². The largest absolute Gasteiger partial charge is 0.503 e. The number of carbonyl (C=O) groups is 1. The Labute approximate surface area is 125 Å². The van der Waals surface area contributed by atoms with Crippen molar-refractivity contribution in [1.82, 2.24) is 14.1 Å². The van der Waals surface area contributed by atoms with E-state index < -0.39 is 29.5 Å². The van der Waals surface area contributed by atoms with Crippen LogP contribution in [0.15, 0.2) is 22.2 Å². The van der Waals surface area contributed by atoms with Gasteiger partial charge in [-0.2, -0.15) is 14.1 Å². The molecule has 0 spiro atoms. The van der Waals surface area contributed by atoms with Crippen LogP contribution in [0.3, 0.4) is 0 Å². The molecule has 2 rings (SSSR count). The second-order valence-corrected chi connectivity index (χ2v) is 4.62. The summed E-state index contributed by atoms with van der Waals surface area (Å²) in [5.41, 5.74) is 3.97. The molecule has 0 saturated heterocycles. The van der Waals surface area contributed by atoms with Crippen LogP contribution in [0.25, 0.3) is 0 Å². The number of carboxylic acid groups (broad SMARTS) is 1. The number of hydrogen-bond acceptors (Lipinski definition) is 10. The summed E-state index contributed by atoms with van der Waals surface area (Å²) in [4.78, 5) is 30.7. The molecule has 11 nitrogen and oxygen atoms in total. The normalized spacial score (nSPS) is 11.4. The van der Waals surface area contributed by atoms with Crippen molar-refractivity contribution in [2.75, 3.05) is 5.73 Å². The number of oxime groups is 1. The zero-order valence-electron chi connectivity index (χ0n) is 10.7. The van der Waals surface area contributed by atoms with Crippen molar-refractivity contribution >= 4 is 28.3 Å². The first-order chi connectivity index (χ1) is 10.4. The molecule has 2 aromatic rings. The van der Waals surface area contributed by atoms with Gasteiger partial charge >= 0.3 is 5.97 Å². The number of aromatic nitrogens is 3. The summed E-state index contributed by atoms with van der Waals surface area (Å²) in [5.74, 6) is -2.31. The van der Waals surface area contributed by atoms with E-state index in [0.717, 1.165) is 23.8 Å². The van der Waals surface area contributed by atoms with Gasteiger partial charge in [0.05, 0.1) is 6.20 Å². The Balaban J connectivity index is 2.18. The smallest absolute Gasteiger partial charge is 0.362 e. The van der Waals surface area contributed by atoms with Gasteiger partial charge in [-0.3, -0.25) is 4.79 Å². The molecule has 2 heterocycles. The van der Waals surface area contributed by atoms with Gasteiger partial charge in [-0.1, -0.05) is 5.16 Å². The molecule has 5 N–H and O–H groups in total. The number of rotatable bonds is 5. The van der Waals surface area contributed by atoms with Gasteiger partial charge in [-0.05, 0) is 0 Å². The molecule has 0 unspecified atom stereocenters. The fraction of sp³-hybridized carbons (Fsp3) is 0.100. The van der Waals surface area contributed by atoms with Crippen LogP contribution in [0.5, 0.6) is 5.75 Å². The average molecular weight is 327 g/mol. The number of carboxylic acids is 1. The van der Waals surface area contributed by atoms with E-state index in [-0.39, 0.29) is 16.6 Å². The quantitative estimate of drug-likeness (QED) is 0.312. The number of hydrogen-bond donors (Lipinski definition) is 4. The van der Waals surface area contributed by atoms with Gasteiger partial charge in [0.1, 0.15) is 5.69 Å². The van der Waals surface area contributed by atoms with E-state index in [4.69, 9.17) is 20.8 Å². The SMILES string of the molecule is Nc1nc(/C(=N/OCc2cc(=O)c(O)cn2O)C(=O)O)ns1. The summed E-state index contributed by atoms with van der Waals surface area (Å²) >= 11 is 0.790. The molecule has 0 fully saturated rings. The Bertz CT molecular complexity index is 797. The molecule has 0 bridgehead atoms. The molecule has 12 heteroatoms. The average Bonchev–Trinajstić information content (AvgIpc) is 2.86. The molecule has 0 aliphatic heterocycles. The summed E-state index contributed by atoms with van der Waals surface area (Å²) in [7, 11) is 0. The number of anilines is 1. The summed E-state index contributed by atoms with van der Waals surface area (Å²) in [6.07, 6.45) is 0.769. The van der Waals surface area contributed by atoms with Crippen LogP contribution < -0.4 is 11.2 Å². The van der Waals surface area contributed by atoms with Crippen LogP contribution >= 0.6 is 11.5 Å². The molecule has 0 aliphatic carbocycles. The Hall–Kier alpha value is -3.15. The summed E-state index contributed by atoms with van der Waals surface area (Å²) in [6.45, 7) is -0.428. The minimum absolute atomic E-state index is 0.0537. The number of nitrogens with zero attached hydrogens (tertiary/aromatic N) is 4. The van der Waals surface area contributed by atoms with Crippen molar-refractivity contribution in [3.8, 4) is 5.75 Å². The van der Waals surface area contributed by atoms with E-state index in [1.165, 1.54) is 0 Å². The first-order valence-electron chi connectivity index (χ1n) is 5.55. The van der Waals surface area contributed by atoms with Crippen LogP contribution in [0.1, 0.15) is 11.5 Å². The highest BCUT2D eigenvalue weighted by Crippen LogP contribution is 2.08. The van der Waals surface area contributed by atoms with E-state index in [2.05, 4.69) is 14.5 Å². The third-order valence-electron chi connectivity index (χ3n) is 2.31. The number of nitrogens with two attached hydrogens (primary N) is 1. The van der Waals surface area contributed by atoms with E-state index >= 15 is 0 Å². The molecule has 0 saturated carbocycles. The van der Waals surface area contributed by atoms with E-state index in [1.54, 1.807) is 0 Å². The second-order valence-electron chi connectivity index (χ2n) is 3.83. The first kappa shape index (κ1) is 15.2. The van der Waals surface area contributed by atoms with Crippen LogP contribution in [0.2, 0.25) is 0 Å². The van der Waals surface area contributed by atoms with Crippen LogP contribution in [0.4, 0.5) is 5.13 Å². The summed E-state index contributed by atoms with van der Waals surface area (Å²) in [6, 6.07) is 0.907. The van der Waals surface area contributed by atoms with Crippen molar-refractivity contribution in [2.45, 2.75) is 6.61 Å². The van der Waals surface area contributed by atoms with Gasteiger partial charge in [0.15, 0.2) is 17.5 Å². The maximum Gasteiger partial charge on any atom is 0.362 e. The van der Waals surface area contributed by atoms with Crippen LogP contribution in [0, 0.1) is 0 Å². The van der Waals surface area contributed by atoms with Crippen molar-refractivity contribution in [1.29, 1.82) is 0 Å². The van der Waals surface area contributed by atoms with Crippen molar-refractivity contribution in [2.24, 2.45) is 5.16 Å². The van der Waals surface area contributed by atoms with E-state index in [1.807, 2.05) is 0 Å². The van der Waals surface area contributed by atoms with E-state index in [9.17, 15) is 14.8 Å². The number of pyridine rings is 1. The van der Waals surface area contributed by atoms with Gasteiger partial charge in [0, 0.05) is 17.6 Å². The van der Waals surface area contributed by atoms with Gasteiger partial charge < -0.3 is 26.0 Å². The Morgan fingerprint density at radius 3 is 2.86 bits per heavy atom. The number of aromatic hydroxyl groups is 1. The zero-order chi connectivity index (χ0) is 16.3. The predicted molar refractivity (Wildman–Crippen MR) is 72.8 cm³/mol. The third-order valence-corrected chi connectivity index (χ3v) is 2.86. The highest BCUT2D eigenvalue weighted by Gasteiger charge is 2.19. The highest BCUT2D eigenvalue weighted by molar-refractivity contribution is 7.09. The lowest BCUT2D eigenvalue weighted by molar-refractivity contribution is -0.129. The van der Waals surface area contributed by atoms with E-state index in [0.29, 0.717) is 4.73 Å². The lowest BCUT2D eigenvalue weighted by atomic mass is 10.3. The third kappa shape index (κ3) is 3.29. The number of nitrogen functional groups attached to an aromatic ring is 1. The minimum atomic E-state index is -1.44. The maximum absolute atomic E-state index is 11.2. The first-order valence-corrected chi connectivity index (χ1v) is 6.32. The molecule has 22 heavy (non-hydrogen) atoms. The standard InChI is InChI=1S/C10H9N5O6S/c11-10-12-8(14-22-10)7(9(18)19)13-21-3-4-1-5(16)6(17)2-15(4)20/h1-2,17,20H,3H2,(H,18,19)(H2,11,12,14)/b13-7-. The molecule has 2 aromatic heterocycles. The zero-order valence-corrected chi connectivity index (χ0v) is 11.5. The van der Waals surface area contributed by atoms with Gasteiger partial charge in [0.2, 0.25) is 17.0 Å². The highest BCUT2D eigenvalue weighted by atomic mass is 32.1. The lowest BCUT2D eigenvalue weighted by Crippen LogP contribution is -2.17. The maximum atomic E-state index is 11.2. The van der Waals surface area contributed by atoms with Crippen LogP contribution in [-0.2, 0) is 16.2 Å². The molecule has 0 aromatic carbocycles. The predicted octanol–water partition coefficient (Wildman–Crippen LogP) is -0.770. The second kappa shape index (κ2) is 6.09. The van der Waals surface area contributed by atoms with Crippen LogP contribution in [-0.4, -0.2) is 41.2 Å². The molecule has 0 aliphatic rings. The summed E-state index contributed by atoms with van der Waals surface area (Å²) < 4.78 is 4.13. The molecular formula is C10H9N5O6S. The van der Waals surface area contributed by atoms with Crippen molar-refractivity contribution < 1.29 is 25.1 Å². The Morgan fingerprint density at radius 2 is 2.27 bits per heavy atom. The molecule has 0 amide bonds. The summed E-state index contributed by atoms with van der Waals surface area (Å²) in [5, 5.41) is 31.0. The van der Waals surface area contributed by atoms with Gasteiger partial charge in [-0.15, -0.1) is 0 Å². The van der Waals surface area contributed by atoms with Gasteiger partial charge in [-0.25, -0.2) is 4.79 Å². The lowest BCUT2D eigenvalue weighted by Gasteiger charge is -2.06. The fourth-order valence-electron chi connectivity index (χ4n) is 1.33. The minimum Gasteiger partial charge on any atom is -0.503 e. The number of aliphatic carboxylic acids is 1. The molecule has 0 radical (unpaired) electrons. The fourth-order valence-corrected chi connectivity index (χ4v) is 1.77. The monoisotopic (exact) mass is 327 g/mol. The Kier molecular flexibility index (Phi) is 4.22. The topological polar surface area (TPSA) is 173 Å². The van der Waals surface area contributed by atoms with Gasteiger partial charge in [0.25, 0.3) is 0 Å². The Morgan fingerprint density at radius 1 is 1.55 bits per heavy atom. The molecule has 0 atom stereocenters. The molecule has 116 valence electrons. The molecular weight excluding hydrogens is 318 g/mol. The van der Waals surface area contributed by atoms with Crippen molar-refractivity contribution in [3.63, 3.8) is 0 Å².